The van der Waals surface area contributed by atoms with Crippen LogP contribution in [0.1, 0.15) is 52.9 Å². The lowest BCUT2D eigenvalue weighted by atomic mass is 9.95. The molecule has 2 atom stereocenters. The van der Waals surface area contributed by atoms with Crippen LogP contribution in [-0.2, 0) is 4.79 Å². The zero-order valence-corrected chi connectivity index (χ0v) is 12.3. The van der Waals surface area contributed by atoms with E-state index in [0.717, 1.165) is 38.4 Å². The monoisotopic (exact) mass is 254 g/mol. The Labute approximate surface area is 112 Å². The third kappa shape index (κ3) is 7.00. The quantitative estimate of drug-likeness (QED) is 0.733. The van der Waals surface area contributed by atoms with Crippen LogP contribution < -0.4 is 10.6 Å². The van der Waals surface area contributed by atoms with Crippen molar-refractivity contribution in [1.29, 1.82) is 0 Å². The summed E-state index contributed by atoms with van der Waals surface area (Å²) < 4.78 is 0. The fourth-order valence-electron chi connectivity index (χ4n) is 2.86. The number of rotatable bonds is 7. The van der Waals surface area contributed by atoms with E-state index in [9.17, 15) is 4.79 Å². The molecule has 1 fully saturated rings. The van der Waals surface area contributed by atoms with Gasteiger partial charge in [0, 0.05) is 13.0 Å². The zero-order chi connectivity index (χ0) is 13.4. The third-order valence-corrected chi connectivity index (χ3v) is 3.68. The van der Waals surface area contributed by atoms with Crippen LogP contribution in [-0.4, -0.2) is 25.5 Å². The van der Waals surface area contributed by atoms with E-state index in [1.54, 1.807) is 0 Å². The molecular weight excluding hydrogens is 224 g/mol. The first-order valence-electron chi connectivity index (χ1n) is 7.55. The summed E-state index contributed by atoms with van der Waals surface area (Å²) in [5.74, 6) is 2.17. The highest BCUT2D eigenvalue weighted by molar-refractivity contribution is 5.76. The number of hydrogen-bond acceptors (Lipinski definition) is 2. The highest BCUT2D eigenvalue weighted by atomic mass is 16.1. The fourth-order valence-corrected chi connectivity index (χ4v) is 2.86. The summed E-state index contributed by atoms with van der Waals surface area (Å²) in [6.07, 6.45) is 5.54. The topological polar surface area (TPSA) is 41.1 Å². The Bertz CT molecular complexity index is 235. The van der Waals surface area contributed by atoms with Crippen LogP contribution in [0.4, 0.5) is 0 Å². The summed E-state index contributed by atoms with van der Waals surface area (Å²) in [5, 5.41) is 6.48. The van der Waals surface area contributed by atoms with Crippen molar-refractivity contribution < 1.29 is 4.79 Å². The van der Waals surface area contributed by atoms with Gasteiger partial charge in [-0.05, 0) is 56.5 Å². The minimum absolute atomic E-state index is 0.229. The van der Waals surface area contributed by atoms with Gasteiger partial charge in [-0.1, -0.05) is 20.8 Å². The summed E-state index contributed by atoms with van der Waals surface area (Å²) in [6, 6.07) is 0. The van der Waals surface area contributed by atoms with Crippen LogP contribution in [0, 0.1) is 17.8 Å². The highest BCUT2D eigenvalue weighted by Crippen LogP contribution is 2.15. The number of nitrogens with one attached hydrogen (secondary N) is 2. The van der Waals surface area contributed by atoms with Gasteiger partial charge in [0.2, 0.25) is 5.91 Å². The number of carbonyl (C=O) groups excluding carboxylic acids is 1. The van der Waals surface area contributed by atoms with E-state index in [-0.39, 0.29) is 5.91 Å². The maximum atomic E-state index is 11.7. The Morgan fingerprint density at radius 2 is 2.17 bits per heavy atom. The van der Waals surface area contributed by atoms with Gasteiger partial charge in [0.05, 0.1) is 0 Å². The molecule has 0 aliphatic carbocycles. The van der Waals surface area contributed by atoms with Gasteiger partial charge in [-0.15, -0.1) is 0 Å². The maximum Gasteiger partial charge on any atom is 0.220 e. The van der Waals surface area contributed by atoms with Crippen molar-refractivity contribution in [1.82, 2.24) is 10.6 Å². The molecule has 1 saturated heterocycles. The maximum absolute atomic E-state index is 11.7. The molecule has 1 aliphatic heterocycles. The molecule has 0 aromatic heterocycles. The van der Waals surface area contributed by atoms with E-state index in [1.165, 1.54) is 12.8 Å². The standard InChI is InChI=1S/C15H30N2O/c1-12(2)9-13(3)10-15(18)17-8-6-14-5-4-7-16-11-14/h12-14,16H,4-11H2,1-3H3,(H,17,18). The SMILES string of the molecule is CC(C)CC(C)CC(=O)NCCC1CCCNC1. The van der Waals surface area contributed by atoms with Crippen molar-refractivity contribution in [2.24, 2.45) is 17.8 Å². The molecule has 0 radical (unpaired) electrons. The molecule has 1 amide bonds. The molecule has 2 unspecified atom stereocenters. The molecule has 3 heteroatoms. The molecule has 1 heterocycles. The molecular formula is C15H30N2O. The van der Waals surface area contributed by atoms with Crippen LogP contribution >= 0.6 is 0 Å². The number of piperidine rings is 1. The predicted octanol–water partition coefficient (Wildman–Crippen LogP) is 2.56. The molecule has 3 nitrogen and oxygen atoms in total. The molecule has 2 N–H and O–H groups in total. The molecule has 0 aromatic rings. The molecule has 106 valence electrons. The van der Waals surface area contributed by atoms with E-state index in [0.29, 0.717) is 18.3 Å². The first-order chi connectivity index (χ1) is 8.58. The summed E-state index contributed by atoms with van der Waals surface area (Å²) in [6.45, 7) is 9.73. The van der Waals surface area contributed by atoms with Crippen LogP contribution in [0.25, 0.3) is 0 Å². The molecule has 18 heavy (non-hydrogen) atoms. The van der Waals surface area contributed by atoms with Crippen molar-refractivity contribution in [2.45, 2.75) is 52.9 Å². The predicted molar refractivity (Wildman–Crippen MR) is 76.5 cm³/mol. The van der Waals surface area contributed by atoms with Crippen LogP contribution in [0.15, 0.2) is 0 Å². The van der Waals surface area contributed by atoms with Gasteiger partial charge in [-0.25, -0.2) is 0 Å². The number of hydrogen-bond donors (Lipinski definition) is 2. The summed E-state index contributed by atoms with van der Waals surface area (Å²) in [7, 11) is 0. The second-order valence-electron chi connectivity index (χ2n) is 6.29. The third-order valence-electron chi connectivity index (χ3n) is 3.68. The number of carbonyl (C=O) groups is 1. The lowest BCUT2D eigenvalue weighted by molar-refractivity contribution is -0.122. The van der Waals surface area contributed by atoms with E-state index in [2.05, 4.69) is 31.4 Å². The first kappa shape index (κ1) is 15.5. The second-order valence-corrected chi connectivity index (χ2v) is 6.29. The van der Waals surface area contributed by atoms with Crippen molar-refractivity contribution in [3.8, 4) is 0 Å². The van der Waals surface area contributed by atoms with Gasteiger partial charge >= 0.3 is 0 Å². The van der Waals surface area contributed by atoms with Crippen molar-refractivity contribution >= 4 is 5.91 Å². The molecule has 1 rings (SSSR count). The van der Waals surface area contributed by atoms with Crippen molar-refractivity contribution in [3.63, 3.8) is 0 Å². The first-order valence-corrected chi connectivity index (χ1v) is 7.55. The Morgan fingerprint density at radius 3 is 2.78 bits per heavy atom. The van der Waals surface area contributed by atoms with Crippen molar-refractivity contribution in [2.75, 3.05) is 19.6 Å². The summed E-state index contributed by atoms with van der Waals surface area (Å²) >= 11 is 0. The smallest absolute Gasteiger partial charge is 0.220 e. The minimum atomic E-state index is 0.229. The van der Waals surface area contributed by atoms with Crippen molar-refractivity contribution in [3.05, 3.63) is 0 Å². The molecule has 0 aromatic carbocycles. The highest BCUT2D eigenvalue weighted by Gasteiger charge is 2.14. The van der Waals surface area contributed by atoms with Crippen LogP contribution in [0.3, 0.4) is 0 Å². The fraction of sp³-hybridized carbons (Fsp3) is 0.933. The van der Waals surface area contributed by atoms with E-state index < -0.39 is 0 Å². The van der Waals surface area contributed by atoms with Gasteiger partial charge in [-0.3, -0.25) is 4.79 Å². The summed E-state index contributed by atoms with van der Waals surface area (Å²) in [5.41, 5.74) is 0. The minimum Gasteiger partial charge on any atom is -0.356 e. The lowest BCUT2D eigenvalue weighted by Gasteiger charge is -2.22. The van der Waals surface area contributed by atoms with E-state index >= 15 is 0 Å². The van der Waals surface area contributed by atoms with Gasteiger partial charge in [0.25, 0.3) is 0 Å². The Kier molecular flexibility index (Phi) is 7.33. The Morgan fingerprint density at radius 1 is 1.39 bits per heavy atom. The summed E-state index contributed by atoms with van der Waals surface area (Å²) in [4.78, 5) is 11.7. The van der Waals surface area contributed by atoms with Gasteiger partial charge in [0.1, 0.15) is 0 Å². The largest absolute Gasteiger partial charge is 0.356 e. The Balaban J connectivity index is 2.05. The van der Waals surface area contributed by atoms with Crippen LogP contribution in [0.5, 0.6) is 0 Å². The van der Waals surface area contributed by atoms with E-state index in [4.69, 9.17) is 0 Å². The molecule has 0 bridgehead atoms. The Hall–Kier alpha value is -0.570. The van der Waals surface area contributed by atoms with Gasteiger partial charge < -0.3 is 10.6 Å². The average molecular weight is 254 g/mol. The number of amides is 1. The lowest BCUT2D eigenvalue weighted by Crippen LogP contribution is -2.33. The van der Waals surface area contributed by atoms with Gasteiger partial charge in [0.15, 0.2) is 0 Å². The molecule has 0 saturated carbocycles. The second kappa shape index (κ2) is 8.52. The van der Waals surface area contributed by atoms with Crippen LogP contribution in [0.2, 0.25) is 0 Å². The van der Waals surface area contributed by atoms with Gasteiger partial charge in [-0.2, -0.15) is 0 Å². The zero-order valence-electron chi connectivity index (χ0n) is 12.3. The molecule has 0 spiro atoms. The van der Waals surface area contributed by atoms with E-state index in [1.807, 2.05) is 0 Å². The normalized spacial score (nSPS) is 21.9. The molecule has 1 aliphatic rings. The average Bonchev–Trinajstić information content (AvgIpc) is 2.29.